The van der Waals surface area contributed by atoms with Crippen molar-refractivity contribution in [2.45, 2.75) is 6.54 Å². The van der Waals surface area contributed by atoms with Gasteiger partial charge in [0.1, 0.15) is 0 Å². The molecule has 10 nitrogen and oxygen atoms in total. The van der Waals surface area contributed by atoms with Gasteiger partial charge in [-0.1, -0.05) is 17.3 Å². The molecule has 0 spiro atoms. The van der Waals surface area contributed by atoms with Crippen LogP contribution in [0.3, 0.4) is 0 Å². The Bertz CT molecular complexity index is 770. The van der Waals surface area contributed by atoms with E-state index in [1.165, 1.54) is 18.2 Å². The summed E-state index contributed by atoms with van der Waals surface area (Å²) in [6.45, 7) is -0.00386. The number of hydrogen-bond acceptors (Lipinski definition) is 8. The number of aromatic nitrogens is 3. The van der Waals surface area contributed by atoms with Gasteiger partial charge in [0.15, 0.2) is 5.69 Å². The van der Waals surface area contributed by atoms with Crippen molar-refractivity contribution in [3.05, 3.63) is 51.3 Å². The van der Waals surface area contributed by atoms with Crippen LogP contribution in [0.2, 0.25) is 0 Å². The third kappa shape index (κ3) is 3.31. The van der Waals surface area contributed by atoms with Gasteiger partial charge in [0.2, 0.25) is 5.69 Å². The molecule has 0 saturated carbocycles. The van der Waals surface area contributed by atoms with Crippen LogP contribution in [-0.4, -0.2) is 46.1 Å². The van der Waals surface area contributed by atoms with E-state index in [-0.39, 0.29) is 23.6 Å². The molecular formula is C13H12N4O6. The number of methoxy groups -OCH3 is 2. The third-order valence-corrected chi connectivity index (χ3v) is 2.95. The summed E-state index contributed by atoms with van der Waals surface area (Å²) in [4.78, 5) is 33.8. The fourth-order valence-corrected chi connectivity index (χ4v) is 1.90. The predicted molar refractivity (Wildman–Crippen MR) is 74.9 cm³/mol. The number of nitrogens with zero attached hydrogens (tertiary/aromatic N) is 4. The molecule has 1 heterocycles. The number of rotatable bonds is 5. The first-order chi connectivity index (χ1) is 11.0. The second kappa shape index (κ2) is 6.64. The summed E-state index contributed by atoms with van der Waals surface area (Å²) in [5.74, 6) is -1.66. The molecule has 0 aliphatic rings. The van der Waals surface area contributed by atoms with Crippen LogP contribution in [0, 0.1) is 10.1 Å². The largest absolute Gasteiger partial charge is 0.464 e. The number of carbonyl (C=O) groups is 2. The average molecular weight is 320 g/mol. The zero-order chi connectivity index (χ0) is 17.0. The van der Waals surface area contributed by atoms with Crippen molar-refractivity contribution in [2.75, 3.05) is 14.2 Å². The Balaban J connectivity index is 2.42. The van der Waals surface area contributed by atoms with Gasteiger partial charge in [-0.3, -0.25) is 10.1 Å². The molecule has 0 amide bonds. The lowest BCUT2D eigenvalue weighted by Crippen LogP contribution is -2.17. The minimum Gasteiger partial charge on any atom is -0.464 e. The topological polar surface area (TPSA) is 126 Å². The highest BCUT2D eigenvalue weighted by Gasteiger charge is 2.27. The van der Waals surface area contributed by atoms with E-state index in [2.05, 4.69) is 19.8 Å². The van der Waals surface area contributed by atoms with E-state index in [4.69, 9.17) is 0 Å². The van der Waals surface area contributed by atoms with Crippen molar-refractivity contribution in [2.24, 2.45) is 0 Å². The maximum absolute atomic E-state index is 11.9. The highest BCUT2D eigenvalue weighted by Crippen LogP contribution is 2.16. The maximum Gasteiger partial charge on any atom is 0.361 e. The Kier molecular flexibility index (Phi) is 4.64. The molecule has 1 aromatic carbocycles. The zero-order valence-electron chi connectivity index (χ0n) is 12.3. The number of benzene rings is 1. The molecule has 10 heteroatoms. The van der Waals surface area contributed by atoms with Gasteiger partial charge in [-0.2, -0.15) is 0 Å². The van der Waals surface area contributed by atoms with E-state index in [0.717, 1.165) is 18.9 Å². The highest BCUT2D eigenvalue weighted by molar-refractivity contribution is 6.00. The lowest BCUT2D eigenvalue weighted by atomic mass is 10.2. The van der Waals surface area contributed by atoms with Crippen molar-refractivity contribution in [3.8, 4) is 0 Å². The Morgan fingerprint density at radius 3 is 2.57 bits per heavy atom. The van der Waals surface area contributed by atoms with Gasteiger partial charge in [-0.25, -0.2) is 14.3 Å². The summed E-state index contributed by atoms with van der Waals surface area (Å²) < 4.78 is 10.3. The third-order valence-electron chi connectivity index (χ3n) is 2.95. The number of hydrogen-bond donors (Lipinski definition) is 0. The molecule has 0 aliphatic carbocycles. The number of esters is 2. The SMILES string of the molecule is COC(=O)c1nnn(Cc2cccc([N+](=O)[O-])c2)c1C(=O)OC. The molecule has 0 radical (unpaired) electrons. The molecule has 120 valence electrons. The van der Waals surface area contributed by atoms with Crippen molar-refractivity contribution in [3.63, 3.8) is 0 Å². The molecule has 0 unspecified atom stereocenters. The Hall–Kier alpha value is -3.30. The van der Waals surface area contributed by atoms with Crippen molar-refractivity contribution >= 4 is 17.6 Å². The van der Waals surface area contributed by atoms with Crippen molar-refractivity contribution < 1.29 is 24.0 Å². The van der Waals surface area contributed by atoms with Gasteiger partial charge in [0, 0.05) is 12.1 Å². The molecule has 0 bridgehead atoms. The Labute approximate surface area is 129 Å². The quantitative estimate of drug-likeness (QED) is 0.450. The first kappa shape index (κ1) is 16.1. The number of ether oxygens (including phenoxy) is 2. The van der Waals surface area contributed by atoms with Crippen molar-refractivity contribution in [1.29, 1.82) is 0 Å². The van der Waals surface area contributed by atoms with Crippen LogP contribution in [0.5, 0.6) is 0 Å². The average Bonchev–Trinajstić information content (AvgIpc) is 2.97. The minimum atomic E-state index is -0.837. The molecule has 1 aromatic heterocycles. The van der Waals surface area contributed by atoms with E-state index < -0.39 is 16.9 Å². The second-order valence-electron chi connectivity index (χ2n) is 4.35. The van der Waals surface area contributed by atoms with E-state index in [9.17, 15) is 19.7 Å². The molecular weight excluding hydrogens is 308 g/mol. The summed E-state index contributed by atoms with van der Waals surface area (Å²) in [5.41, 5.74) is -0.0725. The number of carbonyl (C=O) groups excluding carboxylic acids is 2. The molecule has 0 atom stereocenters. The molecule has 0 N–H and O–H groups in total. The van der Waals surface area contributed by atoms with Crippen LogP contribution in [0.15, 0.2) is 24.3 Å². The minimum absolute atomic E-state index is 0.00386. The fraction of sp³-hybridized carbons (Fsp3) is 0.231. The van der Waals surface area contributed by atoms with Gasteiger partial charge in [-0.15, -0.1) is 5.10 Å². The van der Waals surface area contributed by atoms with Gasteiger partial charge < -0.3 is 9.47 Å². The molecule has 23 heavy (non-hydrogen) atoms. The van der Waals surface area contributed by atoms with Crippen LogP contribution in [0.4, 0.5) is 5.69 Å². The lowest BCUT2D eigenvalue weighted by molar-refractivity contribution is -0.384. The monoisotopic (exact) mass is 320 g/mol. The van der Waals surface area contributed by atoms with Crippen LogP contribution < -0.4 is 0 Å². The molecule has 0 fully saturated rings. The zero-order valence-corrected chi connectivity index (χ0v) is 12.3. The normalized spacial score (nSPS) is 10.2. The smallest absolute Gasteiger partial charge is 0.361 e. The van der Waals surface area contributed by atoms with E-state index in [0.29, 0.717) is 5.56 Å². The predicted octanol–water partition coefficient (Wildman–Crippen LogP) is 0.808. The number of non-ortho nitro benzene ring substituents is 1. The maximum atomic E-state index is 11.9. The van der Waals surface area contributed by atoms with Gasteiger partial charge in [0.05, 0.1) is 25.7 Å². The molecule has 0 saturated heterocycles. The summed E-state index contributed by atoms with van der Waals surface area (Å²) in [5, 5.41) is 18.1. The standard InChI is InChI=1S/C13H12N4O6/c1-22-12(18)10-11(13(19)23-2)16(15-14-10)7-8-4-3-5-9(6-8)17(20)21/h3-6H,7H2,1-2H3. The second-order valence-corrected chi connectivity index (χ2v) is 4.35. The highest BCUT2D eigenvalue weighted by atomic mass is 16.6. The van der Waals surface area contributed by atoms with E-state index in [1.54, 1.807) is 6.07 Å². The fourth-order valence-electron chi connectivity index (χ4n) is 1.90. The summed E-state index contributed by atoms with van der Waals surface area (Å²) >= 11 is 0. The Morgan fingerprint density at radius 1 is 1.26 bits per heavy atom. The van der Waals surface area contributed by atoms with Crippen LogP contribution in [0.25, 0.3) is 0 Å². The number of nitro groups is 1. The summed E-state index contributed by atoms with van der Waals surface area (Å²) in [7, 11) is 2.29. The summed E-state index contributed by atoms with van der Waals surface area (Å²) in [6, 6.07) is 5.80. The Morgan fingerprint density at radius 2 is 1.96 bits per heavy atom. The van der Waals surface area contributed by atoms with E-state index >= 15 is 0 Å². The van der Waals surface area contributed by atoms with E-state index in [1.807, 2.05) is 0 Å². The first-order valence-electron chi connectivity index (χ1n) is 6.31. The van der Waals surface area contributed by atoms with Gasteiger partial charge >= 0.3 is 11.9 Å². The number of nitro benzene ring substituents is 1. The van der Waals surface area contributed by atoms with Crippen molar-refractivity contribution in [1.82, 2.24) is 15.0 Å². The molecule has 2 aromatic rings. The lowest BCUT2D eigenvalue weighted by Gasteiger charge is -2.06. The summed E-state index contributed by atoms with van der Waals surface area (Å²) in [6.07, 6.45) is 0. The van der Waals surface area contributed by atoms with Crippen LogP contribution in [0.1, 0.15) is 26.5 Å². The molecule has 0 aliphatic heterocycles. The first-order valence-corrected chi connectivity index (χ1v) is 6.31. The van der Waals surface area contributed by atoms with Crippen LogP contribution >= 0.6 is 0 Å². The van der Waals surface area contributed by atoms with Gasteiger partial charge in [-0.05, 0) is 5.56 Å². The van der Waals surface area contributed by atoms with Crippen LogP contribution in [-0.2, 0) is 16.0 Å². The van der Waals surface area contributed by atoms with Gasteiger partial charge in [0.25, 0.3) is 5.69 Å². The molecule has 2 rings (SSSR count).